The Morgan fingerprint density at radius 3 is 2.81 bits per heavy atom. The van der Waals surface area contributed by atoms with Gasteiger partial charge in [0.1, 0.15) is 5.01 Å². The van der Waals surface area contributed by atoms with Crippen LogP contribution in [0.25, 0.3) is 0 Å². The van der Waals surface area contributed by atoms with E-state index in [9.17, 15) is 4.79 Å². The molecule has 0 amide bonds. The molecule has 1 heterocycles. The fourth-order valence-corrected chi connectivity index (χ4v) is 2.79. The van der Waals surface area contributed by atoms with E-state index in [-0.39, 0.29) is 6.54 Å². The van der Waals surface area contributed by atoms with Crippen molar-refractivity contribution in [3.63, 3.8) is 0 Å². The van der Waals surface area contributed by atoms with Crippen LogP contribution in [-0.2, 0) is 11.3 Å². The van der Waals surface area contributed by atoms with Crippen LogP contribution in [0.5, 0.6) is 0 Å². The minimum Gasteiger partial charge on any atom is -0.480 e. The van der Waals surface area contributed by atoms with Crippen molar-refractivity contribution in [1.29, 1.82) is 0 Å². The standard InChI is InChI=1S/C10H15BrN2O2S/c1-7(2)4-13(6-10(14)15)5-9-12-3-8(11)16-9/h3,7H,4-6H2,1-2H3,(H,14,15). The summed E-state index contributed by atoms with van der Waals surface area (Å²) in [5.41, 5.74) is 0. The van der Waals surface area contributed by atoms with Crippen LogP contribution in [-0.4, -0.2) is 34.0 Å². The maximum atomic E-state index is 10.7. The summed E-state index contributed by atoms with van der Waals surface area (Å²) in [6.07, 6.45) is 1.74. The molecule has 90 valence electrons. The SMILES string of the molecule is CC(C)CN(CC(=O)O)Cc1ncc(Br)s1. The first-order valence-electron chi connectivity index (χ1n) is 5.01. The predicted molar refractivity (Wildman–Crippen MR) is 67.6 cm³/mol. The third-order valence-electron chi connectivity index (χ3n) is 1.87. The lowest BCUT2D eigenvalue weighted by molar-refractivity contribution is -0.138. The number of carboxylic acid groups (broad SMARTS) is 1. The number of hydrogen-bond acceptors (Lipinski definition) is 4. The Balaban J connectivity index is 2.58. The van der Waals surface area contributed by atoms with E-state index in [1.165, 1.54) is 0 Å². The largest absolute Gasteiger partial charge is 0.480 e. The molecule has 0 saturated heterocycles. The molecule has 0 aliphatic rings. The van der Waals surface area contributed by atoms with Gasteiger partial charge in [-0.25, -0.2) is 4.98 Å². The van der Waals surface area contributed by atoms with Crippen LogP contribution in [0.1, 0.15) is 18.9 Å². The van der Waals surface area contributed by atoms with Crippen LogP contribution in [0.4, 0.5) is 0 Å². The van der Waals surface area contributed by atoms with Gasteiger partial charge in [0.15, 0.2) is 0 Å². The first-order valence-corrected chi connectivity index (χ1v) is 6.62. The molecule has 0 radical (unpaired) electrons. The number of carboxylic acids is 1. The second-order valence-electron chi connectivity index (χ2n) is 4.02. The Kier molecular flexibility index (Phi) is 5.37. The van der Waals surface area contributed by atoms with Crippen LogP contribution in [0.2, 0.25) is 0 Å². The highest BCUT2D eigenvalue weighted by Crippen LogP contribution is 2.20. The van der Waals surface area contributed by atoms with E-state index in [4.69, 9.17) is 5.11 Å². The van der Waals surface area contributed by atoms with Crippen molar-refractivity contribution in [1.82, 2.24) is 9.88 Å². The Labute approximate surface area is 107 Å². The summed E-state index contributed by atoms with van der Waals surface area (Å²) in [6, 6.07) is 0. The number of hydrogen-bond donors (Lipinski definition) is 1. The molecule has 0 aliphatic heterocycles. The monoisotopic (exact) mass is 306 g/mol. The summed E-state index contributed by atoms with van der Waals surface area (Å²) in [6.45, 7) is 5.58. The van der Waals surface area contributed by atoms with Gasteiger partial charge in [0.05, 0.1) is 23.1 Å². The van der Waals surface area contributed by atoms with Gasteiger partial charge >= 0.3 is 5.97 Å². The Morgan fingerprint density at radius 1 is 1.69 bits per heavy atom. The van der Waals surface area contributed by atoms with Crippen LogP contribution in [0, 0.1) is 5.92 Å². The van der Waals surface area contributed by atoms with Gasteiger partial charge in [-0.15, -0.1) is 11.3 Å². The first kappa shape index (κ1) is 13.6. The molecule has 0 unspecified atom stereocenters. The Morgan fingerprint density at radius 2 is 2.38 bits per heavy atom. The van der Waals surface area contributed by atoms with Gasteiger partial charge in [-0.05, 0) is 21.8 Å². The molecule has 0 saturated carbocycles. The molecule has 0 atom stereocenters. The van der Waals surface area contributed by atoms with E-state index in [0.717, 1.165) is 15.3 Å². The molecule has 16 heavy (non-hydrogen) atoms. The van der Waals surface area contributed by atoms with Crippen molar-refractivity contribution in [3.05, 3.63) is 15.0 Å². The van der Waals surface area contributed by atoms with Gasteiger partial charge < -0.3 is 5.11 Å². The van der Waals surface area contributed by atoms with E-state index < -0.39 is 5.97 Å². The lowest BCUT2D eigenvalue weighted by atomic mass is 10.2. The molecule has 1 aromatic rings. The molecule has 0 aliphatic carbocycles. The number of aromatic nitrogens is 1. The molecule has 0 bridgehead atoms. The van der Waals surface area contributed by atoms with Crippen molar-refractivity contribution in [3.8, 4) is 0 Å². The predicted octanol–water partition coefficient (Wildman–Crippen LogP) is 2.45. The van der Waals surface area contributed by atoms with Crippen molar-refractivity contribution < 1.29 is 9.90 Å². The second-order valence-corrected chi connectivity index (χ2v) is 6.51. The van der Waals surface area contributed by atoms with Gasteiger partial charge in [-0.1, -0.05) is 13.8 Å². The minimum atomic E-state index is -0.795. The third-order valence-corrected chi connectivity index (χ3v) is 3.33. The summed E-state index contributed by atoms with van der Waals surface area (Å²) in [7, 11) is 0. The maximum Gasteiger partial charge on any atom is 0.317 e. The Hall–Kier alpha value is -0.460. The van der Waals surface area contributed by atoms with E-state index in [0.29, 0.717) is 12.5 Å². The van der Waals surface area contributed by atoms with Gasteiger partial charge in [-0.3, -0.25) is 9.69 Å². The number of aliphatic carboxylic acids is 1. The normalized spacial score (nSPS) is 11.3. The Bertz CT molecular complexity index is 354. The molecule has 1 aromatic heterocycles. The zero-order chi connectivity index (χ0) is 12.1. The van der Waals surface area contributed by atoms with Crippen LogP contribution < -0.4 is 0 Å². The highest BCUT2D eigenvalue weighted by molar-refractivity contribution is 9.11. The molecule has 0 fully saturated rings. The number of carbonyl (C=O) groups is 1. The van der Waals surface area contributed by atoms with Crippen LogP contribution in [0.15, 0.2) is 9.98 Å². The summed E-state index contributed by atoms with van der Waals surface area (Å²) in [5, 5.41) is 9.75. The summed E-state index contributed by atoms with van der Waals surface area (Å²) < 4.78 is 0.974. The zero-order valence-electron chi connectivity index (χ0n) is 9.31. The van der Waals surface area contributed by atoms with E-state index in [1.54, 1.807) is 17.5 Å². The highest BCUT2D eigenvalue weighted by Gasteiger charge is 2.13. The van der Waals surface area contributed by atoms with Gasteiger partial charge in [-0.2, -0.15) is 0 Å². The number of halogens is 1. The van der Waals surface area contributed by atoms with Crippen LogP contribution >= 0.6 is 27.3 Å². The lowest BCUT2D eigenvalue weighted by Crippen LogP contribution is -2.32. The number of thiazole rings is 1. The molecule has 0 aromatic carbocycles. The van der Waals surface area contributed by atoms with Gasteiger partial charge in [0.2, 0.25) is 0 Å². The zero-order valence-corrected chi connectivity index (χ0v) is 11.7. The lowest BCUT2D eigenvalue weighted by Gasteiger charge is -2.20. The van der Waals surface area contributed by atoms with Gasteiger partial charge in [0, 0.05) is 6.54 Å². The summed E-state index contributed by atoms with van der Waals surface area (Å²) >= 11 is 4.89. The summed E-state index contributed by atoms with van der Waals surface area (Å²) in [4.78, 5) is 16.8. The molecule has 4 nitrogen and oxygen atoms in total. The molecule has 1 rings (SSSR count). The quantitative estimate of drug-likeness (QED) is 0.877. The van der Waals surface area contributed by atoms with E-state index in [1.807, 2.05) is 4.90 Å². The van der Waals surface area contributed by atoms with Crippen LogP contribution in [0.3, 0.4) is 0 Å². The fraction of sp³-hybridized carbons (Fsp3) is 0.600. The van der Waals surface area contributed by atoms with Crippen molar-refractivity contribution in [2.45, 2.75) is 20.4 Å². The molecular weight excluding hydrogens is 292 g/mol. The topological polar surface area (TPSA) is 53.4 Å². The minimum absolute atomic E-state index is 0.0649. The van der Waals surface area contributed by atoms with E-state index >= 15 is 0 Å². The highest BCUT2D eigenvalue weighted by atomic mass is 79.9. The average Bonchev–Trinajstić information content (AvgIpc) is 2.48. The molecular formula is C10H15BrN2O2S. The average molecular weight is 307 g/mol. The maximum absolute atomic E-state index is 10.7. The summed E-state index contributed by atoms with van der Waals surface area (Å²) in [5.74, 6) is -0.348. The third kappa shape index (κ3) is 5.05. The van der Waals surface area contributed by atoms with E-state index in [2.05, 4.69) is 34.8 Å². The second kappa shape index (κ2) is 6.32. The first-order chi connectivity index (χ1) is 7.47. The van der Waals surface area contributed by atoms with Crippen molar-refractivity contribution in [2.24, 2.45) is 5.92 Å². The van der Waals surface area contributed by atoms with Crippen molar-refractivity contribution >= 4 is 33.2 Å². The van der Waals surface area contributed by atoms with Crippen molar-refractivity contribution in [2.75, 3.05) is 13.1 Å². The molecule has 0 spiro atoms. The molecule has 6 heteroatoms. The number of rotatable bonds is 6. The van der Waals surface area contributed by atoms with Gasteiger partial charge in [0.25, 0.3) is 0 Å². The molecule has 1 N–H and O–H groups in total. The fourth-order valence-electron chi connectivity index (χ4n) is 1.45. The smallest absolute Gasteiger partial charge is 0.317 e. The number of nitrogens with zero attached hydrogens (tertiary/aromatic N) is 2.